The van der Waals surface area contributed by atoms with Crippen LogP contribution in [0.25, 0.3) is 0 Å². The highest BCUT2D eigenvalue weighted by Crippen LogP contribution is 2.30. The van der Waals surface area contributed by atoms with Gasteiger partial charge in [-0.3, -0.25) is 14.6 Å². The van der Waals surface area contributed by atoms with Crippen molar-refractivity contribution in [2.45, 2.75) is 18.8 Å². The van der Waals surface area contributed by atoms with Gasteiger partial charge in [0.1, 0.15) is 11.4 Å². The number of nitrogens with zero attached hydrogens (tertiary/aromatic N) is 5. The van der Waals surface area contributed by atoms with Gasteiger partial charge in [-0.15, -0.1) is 11.3 Å². The first-order valence-electron chi connectivity index (χ1n) is 10.3. The van der Waals surface area contributed by atoms with E-state index in [0.29, 0.717) is 18.8 Å². The van der Waals surface area contributed by atoms with Gasteiger partial charge in [-0.2, -0.15) is 5.10 Å². The summed E-state index contributed by atoms with van der Waals surface area (Å²) in [7, 11) is 0. The van der Waals surface area contributed by atoms with E-state index in [9.17, 15) is 9.59 Å². The number of nitrogens with two attached hydrogens (primary N) is 1. The first-order valence-corrected chi connectivity index (χ1v) is 11.2. The topological polar surface area (TPSA) is 126 Å². The van der Waals surface area contributed by atoms with Crippen molar-refractivity contribution >= 4 is 29.0 Å². The number of amides is 2. The maximum absolute atomic E-state index is 12.4. The number of benzene rings is 1. The van der Waals surface area contributed by atoms with Crippen LogP contribution in [0.4, 0.5) is 0 Å². The van der Waals surface area contributed by atoms with Crippen molar-refractivity contribution in [1.29, 1.82) is 0 Å². The lowest BCUT2D eigenvalue weighted by atomic mass is 9.97. The minimum absolute atomic E-state index is 0.0549. The average molecular weight is 460 g/mol. The molecule has 3 aromatic rings. The zero-order valence-electron chi connectivity index (χ0n) is 17.6. The van der Waals surface area contributed by atoms with E-state index >= 15 is 0 Å². The number of likely N-dealkylation sites (tertiary alicyclic amines) is 1. The number of thiazole rings is 1. The summed E-state index contributed by atoms with van der Waals surface area (Å²) in [4.78, 5) is 38.9. The van der Waals surface area contributed by atoms with Gasteiger partial charge in [0.15, 0.2) is 5.84 Å². The van der Waals surface area contributed by atoms with Gasteiger partial charge in [-0.05, 0) is 25.0 Å². The molecule has 0 saturated carbocycles. The Balaban J connectivity index is 1.30. The molecule has 0 aliphatic carbocycles. The molecule has 10 heteroatoms. The average Bonchev–Trinajstić information content (AvgIpc) is 3.37. The maximum Gasteiger partial charge on any atom is 0.298 e. The Morgan fingerprint density at radius 3 is 2.67 bits per heavy atom. The lowest BCUT2D eigenvalue weighted by Gasteiger charge is -2.29. The molecule has 1 saturated heterocycles. The fourth-order valence-corrected chi connectivity index (χ4v) is 4.26. The van der Waals surface area contributed by atoms with Gasteiger partial charge >= 0.3 is 0 Å². The smallest absolute Gasteiger partial charge is 0.298 e. The van der Waals surface area contributed by atoms with Crippen molar-refractivity contribution < 1.29 is 9.59 Å². The summed E-state index contributed by atoms with van der Waals surface area (Å²) < 4.78 is 0. The molecule has 1 aliphatic heterocycles. The first-order chi connectivity index (χ1) is 16.1. The normalized spacial score (nSPS) is 14.3. The Bertz CT molecular complexity index is 1210. The second kappa shape index (κ2) is 10.5. The van der Waals surface area contributed by atoms with Crippen molar-refractivity contribution in [1.82, 2.24) is 25.3 Å². The van der Waals surface area contributed by atoms with Gasteiger partial charge in [-0.25, -0.2) is 15.4 Å². The van der Waals surface area contributed by atoms with E-state index in [2.05, 4.69) is 37.3 Å². The van der Waals surface area contributed by atoms with Gasteiger partial charge in [-0.1, -0.05) is 24.1 Å². The first kappa shape index (κ1) is 22.1. The van der Waals surface area contributed by atoms with Gasteiger partial charge < -0.3 is 10.6 Å². The monoisotopic (exact) mass is 459 g/mol. The summed E-state index contributed by atoms with van der Waals surface area (Å²) in [5.41, 5.74) is 9.66. The van der Waals surface area contributed by atoms with Crippen LogP contribution in [0.5, 0.6) is 0 Å². The molecule has 2 amide bonds. The number of piperidine rings is 1. The van der Waals surface area contributed by atoms with Crippen LogP contribution >= 0.6 is 11.3 Å². The Morgan fingerprint density at radius 1 is 1.15 bits per heavy atom. The van der Waals surface area contributed by atoms with Crippen LogP contribution in [0.2, 0.25) is 0 Å². The zero-order valence-corrected chi connectivity index (χ0v) is 18.5. The zero-order chi connectivity index (χ0) is 23.0. The maximum atomic E-state index is 12.4. The molecule has 4 rings (SSSR count). The van der Waals surface area contributed by atoms with Gasteiger partial charge in [0, 0.05) is 48.3 Å². The molecule has 0 bridgehead atoms. The predicted octanol–water partition coefficient (Wildman–Crippen LogP) is 1.74. The van der Waals surface area contributed by atoms with Crippen LogP contribution in [0, 0.1) is 11.8 Å². The van der Waals surface area contributed by atoms with Gasteiger partial charge in [0.25, 0.3) is 11.8 Å². The summed E-state index contributed by atoms with van der Waals surface area (Å²) in [5.74, 6) is 5.25. The second-order valence-electron chi connectivity index (χ2n) is 7.28. The third-order valence-electron chi connectivity index (χ3n) is 5.08. The van der Waals surface area contributed by atoms with Crippen LogP contribution in [-0.4, -0.2) is 50.6 Å². The number of hydrazone groups is 1. The Morgan fingerprint density at radius 2 is 1.94 bits per heavy atom. The molecule has 0 unspecified atom stereocenters. The largest absolute Gasteiger partial charge is 0.380 e. The van der Waals surface area contributed by atoms with Crippen LogP contribution in [0.3, 0.4) is 0 Å². The molecule has 2 aromatic heterocycles. The number of rotatable bonds is 4. The Labute approximate surface area is 194 Å². The summed E-state index contributed by atoms with van der Waals surface area (Å²) in [6.07, 6.45) is 6.00. The van der Waals surface area contributed by atoms with Gasteiger partial charge in [0.05, 0.1) is 11.2 Å². The number of hydrogen-bond acceptors (Lipinski definition) is 7. The van der Waals surface area contributed by atoms with E-state index in [0.717, 1.165) is 23.4 Å². The van der Waals surface area contributed by atoms with Crippen LogP contribution in [0.15, 0.2) is 59.4 Å². The molecule has 3 heterocycles. The summed E-state index contributed by atoms with van der Waals surface area (Å²) in [6, 6.07) is 9.44. The molecule has 0 atom stereocenters. The number of carbonyl (C=O) groups is 2. The Kier molecular flexibility index (Phi) is 7.02. The molecule has 0 spiro atoms. The molecule has 1 aromatic carbocycles. The molecule has 3 N–H and O–H groups in total. The third kappa shape index (κ3) is 5.78. The summed E-state index contributed by atoms with van der Waals surface area (Å²) >= 11 is 1.43. The summed E-state index contributed by atoms with van der Waals surface area (Å²) in [6.45, 7) is 1.21. The van der Waals surface area contributed by atoms with Crippen molar-refractivity contribution in [2.75, 3.05) is 13.1 Å². The standard InChI is InChI=1S/C23H21N7O2S/c24-21(18-14-25-10-11-26-18)28-29-22(32)19-15-33-23(27-19)17-8-12-30(13-9-17)20(31)7-6-16-4-2-1-3-5-16/h1-5,10-11,14-15,17H,8-9,12-13H2,(H2,24,28)(H,29,32). The minimum atomic E-state index is -0.451. The minimum Gasteiger partial charge on any atom is -0.380 e. The lowest BCUT2D eigenvalue weighted by molar-refractivity contribution is -0.126. The molecule has 0 radical (unpaired) electrons. The van der Waals surface area contributed by atoms with Crippen LogP contribution in [-0.2, 0) is 4.79 Å². The van der Waals surface area contributed by atoms with E-state index < -0.39 is 5.91 Å². The number of carbonyl (C=O) groups excluding carboxylic acids is 2. The molecule has 33 heavy (non-hydrogen) atoms. The predicted molar refractivity (Wildman–Crippen MR) is 124 cm³/mol. The molecular formula is C23H21N7O2S. The third-order valence-corrected chi connectivity index (χ3v) is 6.08. The molecular weight excluding hydrogens is 438 g/mol. The Hall–Kier alpha value is -4.10. The number of nitrogens with one attached hydrogen (secondary N) is 1. The van der Waals surface area contributed by atoms with Gasteiger partial charge in [0.2, 0.25) is 0 Å². The second-order valence-corrected chi connectivity index (χ2v) is 8.17. The van der Waals surface area contributed by atoms with E-state index in [4.69, 9.17) is 5.73 Å². The van der Waals surface area contributed by atoms with Crippen molar-refractivity contribution in [2.24, 2.45) is 10.8 Å². The van der Waals surface area contributed by atoms with E-state index in [-0.39, 0.29) is 23.4 Å². The van der Waals surface area contributed by atoms with Crippen molar-refractivity contribution in [3.05, 3.63) is 76.3 Å². The van der Waals surface area contributed by atoms with E-state index in [1.165, 1.54) is 29.9 Å². The number of aromatic nitrogens is 3. The quantitative estimate of drug-likeness (QED) is 0.265. The van der Waals surface area contributed by atoms with E-state index in [1.54, 1.807) is 10.3 Å². The molecule has 9 nitrogen and oxygen atoms in total. The summed E-state index contributed by atoms with van der Waals surface area (Å²) in [5, 5.41) is 6.43. The fourth-order valence-electron chi connectivity index (χ4n) is 3.29. The SMILES string of the molecule is NC(=NNC(=O)c1csc(C2CCN(C(=O)C#Cc3ccccc3)CC2)n1)c1cnccn1. The highest BCUT2D eigenvalue weighted by Gasteiger charge is 2.25. The highest BCUT2D eigenvalue weighted by atomic mass is 32.1. The van der Waals surface area contributed by atoms with Crippen LogP contribution in [0.1, 0.15) is 45.5 Å². The lowest BCUT2D eigenvalue weighted by Crippen LogP contribution is -2.37. The van der Waals surface area contributed by atoms with Crippen molar-refractivity contribution in [3.63, 3.8) is 0 Å². The van der Waals surface area contributed by atoms with E-state index in [1.807, 2.05) is 30.3 Å². The molecule has 1 aliphatic rings. The number of hydrogen-bond donors (Lipinski definition) is 2. The van der Waals surface area contributed by atoms with Crippen molar-refractivity contribution in [3.8, 4) is 11.8 Å². The number of amidine groups is 1. The van der Waals surface area contributed by atoms with Crippen LogP contribution < -0.4 is 11.2 Å². The molecule has 1 fully saturated rings. The molecule has 166 valence electrons. The highest BCUT2D eigenvalue weighted by molar-refractivity contribution is 7.09. The fraction of sp³-hybridized carbons (Fsp3) is 0.217.